The van der Waals surface area contributed by atoms with E-state index in [0.29, 0.717) is 0 Å². The van der Waals surface area contributed by atoms with Crippen LogP contribution in [0.3, 0.4) is 0 Å². The van der Waals surface area contributed by atoms with Crippen LogP contribution in [0.2, 0.25) is 0 Å². The summed E-state index contributed by atoms with van der Waals surface area (Å²) in [4.78, 5) is 4.24. The summed E-state index contributed by atoms with van der Waals surface area (Å²) in [6.07, 6.45) is 1.78. The molecule has 0 aliphatic rings. The number of hydrogen-bond acceptors (Lipinski definition) is 2. The molecule has 0 saturated heterocycles. The Morgan fingerprint density at radius 3 is 2.92 bits per heavy atom. The monoisotopic (exact) mass is 240 g/mol. The third kappa shape index (κ3) is 1.31. The van der Waals surface area contributed by atoms with Gasteiger partial charge >= 0.3 is 0 Å². The van der Waals surface area contributed by atoms with Crippen molar-refractivity contribution in [3.63, 3.8) is 0 Å². The van der Waals surface area contributed by atoms with Crippen molar-refractivity contribution in [1.82, 2.24) is 9.55 Å². The lowest BCUT2D eigenvalue weighted by Crippen LogP contribution is -1.90. The molecule has 0 fully saturated rings. The maximum atomic E-state index is 5.26. The summed E-state index contributed by atoms with van der Waals surface area (Å²) < 4.78 is 8.18. The number of ether oxygens (including phenoxy) is 1. The van der Waals surface area contributed by atoms with Gasteiger partial charge in [0.25, 0.3) is 0 Å². The number of nitrogens with zero attached hydrogens (tertiary/aromatic N) is 2. The van der Waals surface area contributed by atoms with Gasteiger partial charge in [0.15, 0.2) is 0 Å². The highest BCUT2D eigenvalue weighted by atomic mass is 79.9. The van der Waals surface area contributed by atoms with E-state index in [1.54, 1.807) is 13.4 Å². The number of benzene rings is 1. The molecule has 0 aliphatic heterocycles. The van der Waals surface area contributed by atoms with Crippen molar-refractivity contribution in [2.24, 2.45) is 7.05 Å². The third-order valence-electron chi connectivity index (χ3n) is 1.96. The highest BCUT2D eigenvalue weighted by Gasteiger charge is 2.07. The Kier molecular flexibility index (Phi) is 2.00. The normalized spacial score (nSPS) is 10.7. The van der Waals surface area contributed by atoms with Gasteiger partial charge < -0.3 is 9.30 Å². The van der Waals surface area contributed by atoms with E-state index in [1.807, 2.05) is 23.7 Å². The van der Waals surface area contributed by atoms with E-state index in [-0.39, 0.29) is 0 Å². The third-order valence-corrected chi connectivity index (χ3v) is 2.42. The quantitative estimate of drug-likeness (QED) is 0.766. The molecule has 2 aromatic rings. The molecular formula is C9H9BrN2O. The minimum Gasteiger partial charge on any atom is -0.494 e. The average molecular weight is 241 g/mol. The zero-order valence-corrected chi connectivity index (χ0v) is 9.00. The molecule has 0 N–H and O–H groups in total. The van der Waals surface area contributed by atoms with Crippen LogP contribution in [0.25, 0.3) is 11.0 Å². The molecule has 4 heteroatoms. The largest absolute Gasteiger partial charge is 0.494 e. The molecule has 0 radical (unpaired) electrons. The van der Waals surface area contributed by atoms with Crippen molar-refractivity contribution < 1.29 is 4.74 Å². The lowest BCUT2D eigenvalue weighted by molar-refractivity contribution is 0.417. The molecular weight excluding hydrogens is 232 g/mol. The highest BCUT2D eigenvalue weighted by Crippen LogP contribution is 2.28. The number of aryl methyl sites for hydroxylation is 1. The average Bonchev–Trinajstić information content (AvgIpc) is 2.46. The van der Waals surface area contributed by atoms with E-state index in [4.69, 9.17) is 4.74 Å². The van der Waals surface area contributed by atoms with Gasteiger partial charge in [0.1, 0.15) is 11.3 Å². The standard InChI is InChI=1S/C9H9BrN2O/c1-12-5-11-7-3-6(10)4-8(13-2)9(7)12/h3-5H,1-2H3. The fraction of sp³-hybridized carbons (Fsp3) is 0.222. The van der Waals surface area contributed by atoms with E-state index >= 15 is 0 Å². The van der Waals surface area contributed by atoms with E-state index in [2.05, 4.69) is 20.9 Å². The van der Waals surface area contributed by atoms with E-state index in [0.717, 1.165) is 21.3 Å². The van der Waals surface area contributed by atoms with Crippen molar-refractivity contribution in [2.45, 2.75) is 0 Å². The van der Waals surface area contributed by atoms with Gasteiger partial charge in [0.05, 0.1) is 19.0 Å². The van der Waals surface area contributed by atoms with Gasteiger partial charge in [0, 0.05) is 11.5 Å². The number of hydrogen-bond donors (Lipinski definition) is 0. The first-order valence-electron chi connectivity index (χ1n) is 3.87. The van der Waals surface area contributed by atoms with Crippen molar-refractivity contribution in [3.05, 3.63) is 22.9 Å². The van der Waals surface area contributed by atoms with Gasteiger partial charge in [-0.1, -0.05) is 15.9 Å². The Balaban J connectivity index is 2.85. The van der Waals surface area contributed by atoms with Crippen molar-refractivity contribution in [1.29, 1.82) is 0 Å². The Hall–Kier alpha value is -1.03. The van der Waals surface area contributed by atoms with E-state index < -0.39 is 0 Å². The molecule has 0 unspecified atom stereocenters. The number of imidazole rings is 1. The molecule has 0 aliphatic carbocycles. The maximum Gasteiger partial charge on any atom is 0.145 e. The summed E-state index contributed by atoms with van der Waals surface area (Å²) in [6.45, 7) is 0. The summed E-state index contributed by atoms with van der Waals surface area (Å²) >= 11 is 3.40. The molecule has 3 nitrogen and oxygen atoms in total. The van der Waals surface area contributed by atoms with Crippen LogP contribution in [0, 0.1) is 0 Å². The molecule has 0 saturated carbocycles. The zero-order valence-electron chi connectivity index (χ0n) is 7.41. The van der Waals surface area contributed by atoms with Crippen molar-refractivity contribution in [3.8, 4) is 5.75 Å². The van der Waals surface area contributed by atoms with Crippen LogP contribution in [-0.4, -0.2) is 16.7 Å². The first-order valence-corrected chi connectivity index (χ1v) is 4.66. The number of methoxy groups -OCH3 is 1. The highest BCUT2D eigenvalue weighted by molar-refractivity contribution is 9.10. The van der Waals surface area contributed by atoms with E-state index in [1.165, 1.54) is 0 Å². The van der Waals surface area contributed by atoms with Gasteiger partial charge in [-0.25, -0.2) is 4.98 Å². The van der Waals surface area contributed by atoms with Crippen LogP contribution in [0.5, 0.6) is 5.75 Å². The topological polar surface area (TPSA) is 27.1 Å². The van der Waals surface area contributed by atoms with Crippen LogP contribution in [-0.2, 0) is 7.05 Å². The Labute approximate surface area is 84.5 Å². The van der Waals surface area contributed by atoms with Crippen LogP contribution in [0.4, 0.5) is 0 Å². The Bertz CT molecular complexity index is 450. The summed E-state index contributed by atoms with van der Waals surface area (Å²) in [5, 5.41) is 0. The van der Waals surface area contributed by atoms with E-state index in [9.17, 15) is 0 Å². The SMILES string of the molecule is COc1cc(Br)cc2ncn(C)c12. The number of aromatic nitrogens is 2. The summed E-state index contributed by atoms with van der Waals surface area (Å²) in [5.74, 6) is 0.837. The second kappa shape index (κ2) is 3.03. The van der Waals surface area contributed by atoms with Crippen LogP contribution in [0.15, 0.2) is 22.9 Å². The molecule has 13 heavy (non-hydrogen) atoms. The van der Waals surface area contributed by atoms with Gasteiger partial charge in [0.2, 0.25) is 0 Å². The van der Waals surface area contributed by atoms with Gasteiger partial charge in [-0.2, -0.15) is 0 Å². The Morgan fingerprint density at radius 2 is 2.23 bits per heavy atom. The molecule has 68 valence electrons. The predicted octanol–water partition coefficient (Wildman–Crippen LogP) is 2.34. The van der Waals surface area contributed by atoms with Gasteiger partial charge in [-0.05, 0) is 12.1 Å². The van der Waals surface area contributed by atoms with Crippen molar-refractivity contribution in [2.75, 3.05) is 7.11 Å². The molecule has 1 heterocycles. The fourth-order valence-corrected chi connectivity index (χ4v) is 1.80. The lowest BCUT2D eigenvalue weighted by Gasteiger charge is -2.03. The first kappa shape index (κ1) is 8.56. The smallest absolute Gasteiger partial charge is 0.145 e. The van der Waals surface area contributed by atoms with Crippen LogP contribution in [0.1, 0.15) is 0 Å². The van der Waals surface area contributed by atoms with Gasteiger partial charge in [-0.3, -0.25) is 0 Å². The fourth-order valence-electron chi connectivity index (χ4n) is 1.38. The van der Waals surface area contributed by atoms with Crippen molar-refractivity contribution >= 4 is 27.0 Å². The maximum absolute atomic E-state index is 5.26. The molecule has 0 amide bonds. The van der Waals surface area contributed by atoms with Gasteiger partial charge in [-0.15, -0.1) is 0 Å². The zero-order chi connectivity index (χ0) is 9.42. The number of halogens is 1. The Morgan fingerprint density at radius 1 is 1.46 bits per heavy atom. The molecule has 0 bridgehead atoms. The molecule has 0 atom stereocenters. The van der Waals surface area contributed by atoms with Crippen LogP contribution < -0.4 is 4.74 Å². The molecule has 1 aromatic heterocycles. The predicted molar refractivity (Wildman–Crippen MR) is 55.0 cm³/mol. The molecule has 0 spiro atoms. The first-order chi connectivity index (χ1) is 6.22. The summed E-state index contributed by atoms with van der Waals surface area (Å²) in [5.41, 5.74) is 1.96. The molecule has 1 aromatic carbocycles. The second-order valence-electron chi connectivity index (χ2n) is 2.83. The lowest BCUT2D eigenvalue weighted by atomic mass is 10.3. The summed E-state index contributed by atoms with van der Waals surface area (Å²) in [7, 11) is 3.61. The summed E-state index contributed by atoms with van der Waals surface area (Å²) in [6, 6.07) is 3.90. The number of fused-ring (bicyclic) bond motifs is 1. The number of rotatable bonds is 1. The minimum absolute atomic E-state index is 0.837. The minimum atomic E-state index is 0.837. The van der Waals surface area contributed by atoms with Crippen LogP contribution >= 0.6 is 15.9 Å². The second-order valence-corrected chi connectivity index (χ2v) is 3.75. The molecule has 2 rings (SSSR count).